The minimum atomic E-state index is -0.431. The van der Waals surface area contributed by atoms with Crippen molar-refractivity contribution in [3.05, 3.63) is 71.0 Å². The molecule has 22 heavy (non-hydrogen) atoms. The van der Waals surface area contributed by atoms with Gasteiger partial charge in [-0.15, -0.1) is 0 Å². The Balaban J connectivity index is 1.72. The molecule has 3 rings (SSSR count). The van der Waals surface area contributed by atoms with E-state index in [1.807, 2.05) is 30.3 Å². The Bertz CT molecular complexity index is 814. The number of aromatic nitrogens is 2. The van der Waals surface area contributed by atoms with Gasteiger partial charge in [-0.25, -0.2) is 0 Å². The van der Waals surface area contributed by atoms with E-state index in [1.54, 1.807) is 24.3 Å². The van der Waals surface area contributed by atoms with E-state index in [9.17, 15) is 9.90 Å². The molecule has 3 aromatic rings. The molecule has 0 amide bonds. The van der Waals surface area contributed by atoms with Crippen molar-refractivity contribution >= 4 is 11.6 Å². The normalized spacial score (nSPS) is 10.2. The summed E-state index contributed by atoms with van der Waals surface area (Å²) < 4.78 is 5.68. The van der Waals surface area contributed by atoms with Gasteiger partial charge < -0.3 is 15.2 Å². The van der Waals surface area contributed by atoms with Crippen LogP contribution >= 0.6 is 0 Å². The second kappa shape index (κ2) is 6.01. The number of benzene rings is 2. The summed E-state index contributed by atoms with van der Waals surface area (Å²) in [6, 6.07) is 17.6. The zero-order valence-corrected chi connectivity index (χ0v) is 11.5. The summed E-state index contributed by atoms with van der Waals surface area (Å²) in [4.78, 5) is 17.5. The van der Waals surface area contributed by atoms with Crippen LogP contribution in [0.15, 0.2) is 65.5 Å². The minimum Gasteiger partial charge on any atom is -0.493 e. The van der Waals surface area contributed by atoms with E-state index >= 15 is 0 Å². The monoisotopic (exact) mass is 295 g/mol. The van der Waals surface area contributed by atoms with E-state index in [-0.39, 0.29) is 11.8 Å². The molecule has 110 valence electrons. The van der Waals surface area contributed by atoms with Crippen molar-refractivity contribution in [2.24, 2.45) is 0 Å². The van der Waals surface area contributed by atoms with Crippen LogP contribution in [-0.4, -0.2) is 15.1 Å². The highest BCUT2D eigenvalue weighted by atomic mass is 16.5. The SMILES string of the molecule is O=c1cc(O)nc(Nc2ccc(Oc3ccccc3)cc2)[nH]1. The Morgan fingerprint density at radius 3 is 2.36 bits per heavy atom. The average molecular weight is 295 g/mol. The molecule has 1 aromatic heterocycles. The summed E-state index contributed by atoms with van der Waals surface area (Å²) in [5.74, 6) is 1.27. The molecule has 0 fully saturated rings. The van der Waals surface area contributed by atoms with Crippen molar-refractivity contribution in [1.82, 2.24) is 9.97 Å². The molecular formula is C16H13N3O3. The van der Waals surface area contributed by atoms with Gasteiger partial charge in [0, 0.05) is 5.69 Å². The maximum absolute atomic E-state index is 11.2. The zero-order valence-electron chi connectivity index (χ0n) is 11.5. The second-order valence-corrected chi connectivity index (χ2v) is 4.52. The van der Waals surface area contributed by atoms with Gasteiger partial charge in [0.15, 0.2) is 0 Å². The highest BCUT2D eigenvalue weighted by molar-refractivity contribution is 5.55. The number of nitrogens with zero attached hydrogens (tertiary/aromatic N) is 1. The lowest BCUT2D eigenvalue weighted by molar-refractivity contribution is 0.452. The lowest BCUT2D eigenvalue weighted by Gasteiger charge is -2.08. The quantitative estimate of drug-likeness (QED) is 0.688. The lowest BCUT2D eigenvalue weighted by Crippen LogP contribution is -2.08. The number of ether oxygens (including phenoxy) is 1. The van der Waals surface area contributed by atoms with Gasteiger partial charge in [0.2, 0.25) is 11.8 Å². The van der Waals surface area contributed by atoms with Crippen molar-refractivity contribution in [2.75, 3.05) is 5.32 Å². The maximum atomic E-state index is 11.2. The fraction of sp³-hybridized carbons (Fsp3) is 0. The Labute approximate surface area is 126 Å². The fourth-order valence-corrected chi connectivity index (χ4v) is 1.87. The van der Waals surface area contributed by atoms with E-state index in [1.165, 1.54) is 0 Å². The number of aromatic amines is 1. The largest absolute Gasteiger partial charge is 0.493 e. The summed E-state index contributed by atoms with van der Waals surface area (Å²) in [5, 5.41) is 12.2. The number of hydrogen-bond donors (Lipinski definition) is 3. The molecule has 0 spiro atoms. The molecule has 0 bridgehead atoms. The number of anilines is 2. The van der Waals surface area contributed by atoms with Crippen molar-refractivity contribution in [1.29, 1.82) is 0 Å². The van der Waals surface area contributed by atoms with Crippen LogP contribution < -0.4 is 15.6 Å². The molecule has 0 aliphatic carbocycles. The van der Waals surface area contributed by atoms with Crippen LogP contribution in [-0.2, 0) is 0 Å². The second-order valence-electron chi connectivity index (χ2n) is 4.52. The number of hydrogen-bond acceptors (Lipinski definition) is 5. The third-order valence-corrected chi connectivity index (χ3v) is 2.82. The van der Waals surface area contributed by atoms with Crippen molar-refractivity contribution in [3.8, 4) is 17.4 Å². The first-order valence-corrected chi connectivity index (χ1v) is 6.59. The van der Waals surface area contributed by atoms with Gasteiger partial charge in [0.05, 0.1) is 6.07 Å². The molecule has 0 saturated heterocycles. The highest BCUT2D eigenvalue weighted by Gasteiger charge is 2.01. The Hall–Kier alpha value is -3.28. The Morgan fingerprint density at radius 2 is 1.68 bits per heavy atom. The summed E-state index contributed by atoms with van der Waals surface area (Å²) in [6.45, 7) is 0. The van der Waals surface area contributed by atoms with Gasteiger partial charge >= 0.3 is 0 Å². The van der Waals surface area contributed by atoms with E-state index in [0.717, 1.165) is 11.8 Å². The molecule has 6 nitrogen and oxygen atoms in total. The predicted molar refractivity (Wildman–Crippen MR) is 82.8 cm³/mol. The van der Waals surface area contributed by atoms with Crippen LogP contribution in [0.5, 0.6) is 17.4 Å². The van der Waals surface area contributed by atoms with Crippen LogP contribution in [0.1, 0.15) is 0 Å². The summed E-state index contributed by atoms with van der Waals surface area (Å²) >= 11 is 0. The van der Waals surface area contributed by atoms with Crippen LogP contribution in [0.25, 0.3) is 0 Å². The first-order chi connectivity index (χ1) is 10.7. The summed E-state index contributed by atoms with van der Waals surface area (Å²) in [6.07, 6.45) is 0. The zero-order chi connectivity index (χ0) is 15.4. The molecule has 0 radical (unpaired) electrons. The van der Waals surface area contributed by atoms with E-state index < -0.39 is 5.56 Å². The topological polar surface area (TPSA) is 87.2 Å². The Kier molecular flexibility index (Phi) is 3.74. The number of H-pyrrole nitrogens is 1. The number of rotatable bonds is 4. The first kappa shape index (κ1) is 13.7. The lowest BCUT2D eigenvalue weighted by atomic mass is 10.3. The summed E-state index contributed by atoms with van der Waals surface area (Å²) in [5.41, 5.74) is 0.271. The molecule has 0 aliphatic heterocycles. The number of para-hydroxylation sites is 1. The van der Waals surface area contributed by atoms with E-state index in [2.05, 4.69) is 15.3 Å². The van der Waals surface area contributed by atoms with E-state index in [4.69, 9.17) is 4.74 Å². The third-order valence-electron chi connectivity index (χ3n) is 2.82. The molecule has 3 N–H and O–H groups in total. The van der Waals surface area contributed by atoms with Crippen LogP contribution in [0.4, 0.5) is 11.6 Å². The standard InChI is InChI=1S/C16H13N3O3/c20-14-10-15(21)19-16(18-14)17-11-6-8-13(9-7-11)22-12-4-2-1-3-5-12/h1-10H,(H3,17,18,19,20,21). The van der Waals surface area contributed by atoms with Gasteiger partial charge in [-0.2, -0.15) is 4.98 Å². The van der Waals surface area contributed by atoms with E-state index in [0.29, 0.717) is 11.4 Å². The molecular weight excluding hydrogens is 282 g/mol. The van der Waals surface area contributed by atoms with Crippen molar-refractivity contribution < 1.29 is 9.84 Å². The van der Waals surface area contributed by atoms with Crippen LogP contribution in [0, 0.1) is 0 Å². The van der Waals surface area contributed by atoms with Gasteiger partial charge in [-0.1, -0.05) is 18.2 Å². The Morgan fingerprint density at radius 1 is 1.00 bits per heavy atom. The van der Waals surface area contributed by atoms with Gasteiger partial charge in [-0.05, 0) is 36.4 Å². The smallest absolute Gasteiger partial charge is 0.256 e. The molecule has 0 saturated carbocycles. The van der Waals surface area contributed by atoms with Gasteiger partial charge in [-0.3, -0.25) is 9.78 Å². The van der Waals surface area contributed by atoms with Crippen molar-refractivity contribution in [3.63, 3.8) is 0 Å². The van der Waals surface area contributed by atoms with Gasteiger partial charge in [0.25, 0.3) is 5.56 Å². The third kappa shape index (κ3) is 3.43. The first-order valence-electron chi connectivity index (χ1n) is 6.59. The van der Waals surface area contributed by atoms with Crippen LogP contribution in [0.3, 0.4) is 0 Å². The molecule has 0 atom stereocenters. The highest BCUT2D eigenvalue weighted by Crippen LogP contribution is 2.23. The summed E-state index contributed by atoms with van der Waals surface area (Å²) in [7, 11) is 0. The molecule has 6 heteroatoms. The fourth-order valence-electron chi connectivity index (χ4n) is 1.87. The maximum Gasteiger partial charge on any atom is 0.256 e. The molecule has 0 aliphatic rings. The predicted octanol–water partition coefficient (Wildman–Crippen LogP) is 3.01. The molecule has 0 unspecified atom stereocenters. The minimum absolute atomic E-state index is 0.168. The average Bonchev–Trinajstić information content (AvgIpc) is 2.49. The number of nitrogens with one attached hydrogen (secondary N) is 2. The van der Waals surface area contributed by atoms with Crippen LogP contribution in [0.2, 0.25) is 0 Å². The van der Waals surface area contributed by atoms with Crippen molar-refractivity contribution in [2.45, 2.75) is 0 Å². The molecule has 2 aromatic carbocycles. The number of aromatic hydroxyl groups is 1. The molecule has 1 heterocycles. The van der Waals surface area contributed by atoms with Gasteiger partial charge in [0.1, 0.15) is 11.5 Å².